The first kappa shape index (κ1) is 29.6. The van der Waals surface area contributed by atoms with E-state index >= 15 is 0 Å². The van der Waals surface area contributed by atoms with E-state index in [0.29, 0.717) is 0 Å². The van der Waals surface area contributed by atoms with Crippen LogP contribution >= 0.6 is 0 Å². The molecule has 0 atom stereocenters. The Bertz CT molecular complexity index is 3160. The first-order valence-corrected chi connectivity index (χ1v) is 18.0. The van der Waals surface area contributed by atoms with E-state index in [2.05, 4.69) is 169 Å². The van der Waals surface area contributed by atoms with E-state index in [-0.39, 0.29) is 0 Å². The molecule has 0 radical (unpaired) electrons. The third kappa shape index (κ3) is 4.90. The van der Waals surface area contributed by atoms with E-state index in [9.17, 15) is 0 Å². The molecule has 0 aliphatic carbocycles. The van der Waals surface area contributed by atoms with Gasteiger partial charge in [0.05, 0.1) is 0 Å². The zero-order valence-electron chi connectivity index (χ0n) is 28.7. The van der Waals surface area contributed by atoms with Gasteiger partial charge in [0, 0.05) is 44.7 Å². The minimum absolute atomic E-state index is 0.868. The summed E-state index contributed by atoms with van der Waals surface area (Å²) >= 11 is 0. The summed E-state index contributed by atoms with van der Waals surface area (Å²) in [5.74, 6) is 0. The molecule has 248 valence electrons. The molecule has 3 nitrogen and oxygen atoms in total. The molecule has 11 rings (SSSR count). The third-order valence-electron chi connectivity index (χ3n) is 10.6. The Morgan fingerprint density at radius 2 is 0.849 bits per heavy atom. The molecule has 11 aromatic rings. The first-order valence-electron chi connectivity index (χ1n) is 18.0. The van der Waals surface area contributed by atoms with E-state index in [0.717, 1.165) is 77.5 Å². The molecule has 0 unspecified atom stereocenters. The Kier molecular flexibility index (Phi) is 6.55. The van der Waals surface area contributed by atoms with Crippen LogP contribution in [0.2, 0.25) is 0 Å². The van der Waals surface area contributed by atoms with Gasteiger partial charge in [-0.3, -0.25) is 0 Å². The molecule has 3 heteroatoms. The highest BCUT2D eigenvalue weighted by molar-refractivity contribution is 6.10. The van der Waals surface area contributed by atoms with Crippen LogP contribution in [0.15, 0.2) is 197 Å². The normalized spacial score (nSPS) is 11.8. The lowest BCUT2D eigenvalue weighted by Crippen LogP contribution is -2.09. The average Bonchev–Trinajstić information content (AvgIpc) is 3.77. The summed E-state index contributed by atoms with van der Waals surface area (Å²) in [6.07, 6.45) is 0. The van der Waals surface area contributed by atoms with Crippen molar-refractivity contribution in [3.8, 4) is 22.3 Å². The summed E-state index contributed by atoms with van der Waals surface area (Å²) in [6, 6.07) is 66.9. The second-order valence-corrected chi connectivity index (χ2v) is 13.7. The van der Waals surface area contributed by atoms with Gasteiger partial charge in [-0.1, -0.05) is 115 Å². The van der Waals surface area contributed by atoms with Gasteiger partial charge in [-0.15, -0.1) is 0 Å². The highest BCUT2D eigenvalue weighted by Crippen LogP contribution is 2.41. The molecular formula is C50H31NO2. The second kappa shape index (κ2) is 11.7. The molecule has 0 bridgehead atoms. The maximum absolute atomic E-state index is 6.36. The van der Waals surface area contributed by atoms with Gasteiger partial charge in [0.25, 0.3) is 0 Å². The second-order valence-electron chi connectivity index (χ2n) is 13.7. The highest BCUT2D eigenvalue weighted by Gasteiger charge is 2.17. The van der Waals surface area contributed by atoms with Crippen LogP contribution in [0.1, 0.15) is 0 Å². The minimum Gasteiger partial charge on any atom is -0.456 e. The first-order chi connectivity index (χ1) is 26.2. The fourth-order valence-corrected chi connectivity index (χ4v) is 8.02. The molecule has 9 aromatic carbocycles. The van der Waals surface area contributed by atoms with E-state index in [1.807, 2.05) is 24.3 Å². The number of fused-ring (bicyclic) bond motifs is 8. The molecule has 53 heavy (non-hydrogen) atoms. The quantitative estimate of drug-likeness (QED) is 0.182. The van der Waals surface area contributed by atoms with Crippen LogP contribution in [0, 0.1) is 0 Å². The van der Waals surface area contributed by atoms with Crippen molar-refractivity contribution >= 4 is 82.5 Å². The van der Waals surface area contributed by atoms with Gasteiger partial charge in [-0.05, 0) is 111 Å². The van der Waals surface area contributed by atoms with Crippen LogP contribution in [-0.4, -0.2) is 0 Å². The lowest BCUT2D eigenvalue weighted by molar-refractivity contribution is 0.669. The molecule has 0 N–H and O–H groups in total. The lowest BCUT2D eigenvalue weighted by Gasteiger charge is -2.26. The SMILES string of the molecule is c1ccc2c(-c3ccc(N(c4ccc(-c5ccc6cc7c(cc6c5)oc5ccccc57)cc4)c4ccc5c(c4)oc4ccccc45)cc3)cccc2c1. The van der Waals surface area contributed by atoms with Gasteiger partial charge in [0.2, 0.25) is 0 Å². The standard InChI is InChI=1S/C50H31NO2/c1-2-10-41-33(8-1)9-7-13-42(41)34-20-24-39(25-21-34)51(40-26-27-45-43-11-3-5-14-47(43)53-50(45)31-40)38-22-18-32(19-23-38)35-16-17-36-29-46-44-12-4-6-15-48(44)52-49(46)30-37(36)28-35/h1-31H. The fraction of sp³-hybridized carbons (Fsp3) is 0. The molecular weight excluding hydrogens is 647 g/mol. The monoisotopic (exact) mass is 677 g/mol. The summed E-state index contributed by atoms with van der Waals surface area (Å²) < 4.78 is 12.6. The molecule has 0 saturated heterocycles. The van der Waals surface area contributed by atoms with E-state index in [1.54, 1.807) is 0 Å². The number of nitrogens with zero attached hydrogens (tertiary/aromatic N) is 1. The van der Waals surface area contributed by atoms with Gasteiger partial charge in [-0.25, -0.2) is 0 Å². The van der Waals surface area contributed by atoms with Gasteiger partial charge in [0.15, 0.2) is 0 Å². The van der Waals surface area contributed by atoms with E-state index in [4.69, 9.17) is 8.83 Å². The van der Waals surface area contributed by atoms with Crippen LogP contribution in [0.5, 0.6) is 0 Å². The third-order valence-corrected chi connectivity index (χ3v) is 10.6. The van der Waals surface area contributed by atoms with Crippen molar-refractivity contribution in [1.29, 1.82) is 0 Å². The van der Waals surface area contributed by atoms with Crippen molar-refractivity contribution < 1.29 is 8.83 Å². The van der Waals surface area contributed by atoms with Crippen molar-refractivity contribution in [2.45, 2.75) is 0 Å². The Morgan fingerprint density at radius 1 is 0.283 bits per heavy atom. The summed E-state index contributed by atoms with van der Waals surface area (Å²) in [6.45, 7) is 0. The van der Waals surface area contributed by atoms with Gasteiger partial charge in [0.1, 0.15) is 22.3 Å². The smallest absolute Gasteiger partial charge is 0.137 e. The summed E-state index contributed by atoms with van der Waals surface area (Å²) in [7, 11) is 0. The van der Waals surface area contributed by atoms with Crippen molar-refractivity contribution in [3.05, 3.63) is 188 Å². The lowest BCUT2D eigenvalue weighted by atomic mass is 9.98. The Morgan fingerprint density at radius 3 is 1.60 bits per heavy atom. The zero-order chi connectivity index (χ0) is 34.9. The number of para-hydroxylation sites is 2. The number of hydrogen-bond donors (Lipinski definition) is 0. The number of anilines is 3. The predicted octanol–water partition coefficient (Wildman–Crippen LogP) is 14.6. The van der Waals surface area contributed by atoms with Gasteiger partial charge < -0.3 is 13.7 Å². The van der Waals surface area contributed by atoms with E-state index < -0.39 is 0 Å². The van der Waals surface area contributed by atoms with E-state index in [1.165, 1.54) is 27.3 Å². The van der Waals surface area contributed by atoms with Crippen molar-refractivity contribution in [1.82, 2.24) is 0 Å². The van der Waals surface area contributed by atoms with Crippen LogP contribution in [0.3, 0.4) is 0 Å². The predicted molar refractivity (Wildman–Crippen MR) is 222 cm³/mol. The molecule has 0 amide bonds. The fourth-order valence-electron chi connectivity index (χ4n) is 8.02. The summed E-state index contributed by atoms with van der Waals surface area (Å²) in [5.41, 5.74) is 11.5. The van der Waals surface area contributed by atoms with Crippen molar-refractivity contribution in [2.75, 3.05) is 4.90 Å². The molecule has 0 aliphatic rings. The summed E-state index contributed by atoms with van der Waals surface area (Å²) in [4.78, 5) is 2.31. The largest absolute Gasteiger partial charge is 0.456 e. The van der Waals surface area contributed by atoms with Crippen LogP contribution in [0.4, 0.5) is 17.1 Å². The molecule has 0 spiro atoms. The number of furan rings is 2. The van der Waals surface area contributed by atoms with Crippen molar-refractivity contribution in [3.63, 3.8) is 0 Å². The average molecular weight is 678 g/mol. The highest BCUT2D eigenvalue weighted by atomic mass is 16.3. The van der Waals surface area contributed by atoms with Gasteiger partial charge in [-0.2, -0.15) is 0 Å². The Labute approximate surface area is 305 Å². The zero-order valence-corrected chi connectivity index (χ0v) is 28.7. The Hall–Kier alpha value is -7.10. The van der Waals surface area contributed by atoms with Crippen LogP contribution in [-0.2, 0) is 0 Å². The molecule has 0 aliphatic heterocycles. The number of hydrogen-bond acceptors (Lipinski definition) is 3. The van der Waals surface area contributed by atoms with Crippen molar-refractivity contribution in [2.24, 2.45) is 0 Å². The van der Waals surface area contributed by atoms with Crippen LogP contribution in [0.25, 0.3) is 87.7 Å². The number of benzene rings is 9. The molecule has 0 saturated carbocycles. The molecule has 2 heterocycles. The maximum Gasteiger partial charge on any atom is 0.137 e. The number of rotatable bonds is 5. The minimum atomic E-state index is 0.868. The van der Waals surface area contributed by atoms with Gasteiger partial charge >= 0.3 is 0 Å². The molecule has 0 fully saturated rings. The topological polar surface area (TPSA) is 29.5 Å². The van der Waals surface area contributed by atoms with Crippen LogP contribution < -0.4 is 4.90 Å². The summed E-state index contributed by atoms with van der Waals surface area (Å²) in [5, 5.41) is 9.38. The maximum atomic E-state index is 6.36. The Balaban J connectivity index is 0.999. The molecule has 2 aromatic heterocycles.